The molecular weight excluding hydrogens is 542 g/mol. The smallest absolute Gasteiger partial charge is 0.270 e. The normalized spacial score (nSPS) is 32.4. The summed E-state index contributed by atoms with van der Waals surface area (Å²) in [6.45, 7) is 0. The van der Waals surface area contributed by atoms with Crippen LogP contribution < -0.4 is 26.8 Å². The highest BCUT2D eigenvalue weighted by atomic mass is 16.5. The number of nitrogens with zero attached hydrogens (tertiary/aromatic N) is 3. The molecule has 3 aromatic rings. The summed E-state index contributed by atoms with van der Waals surface area (Å²) in [5.41, 5.74) is 16.5. The van der Waals surface area contributed by atoms with Crippen molar-refractivity contribution in [1.82, 2.24) is 20.3 Å². The molecule has 220 valence electrons. The zero-order chi connectivity index (χ0) is 29.5. The number of pyridine rings is 1. The molecule has 3 fully saturated rings. The van der Waals surface area contributed by atoms with E-state index in [0.29, 0.717) is 47.6 Å². The number of carbonyl (C=O) groups is 2. The first-order valence-electron chi connectivity index (χ1n) is 15.1. The second kappa shape index (κ2) is 9.26. The van der Waals surface area contributed by atoms with Gasteiger partial charge in [0.2, 0.25) is 11.9 Å². The molecule has 0 saturated heterocycles. The quantitative estimate of drug-likeness (QED) is 0.233. The maximum Gasteiger partial charge on any atom is 0.270 e. The predicted molar refractivity (Wildman–Crippen MR) is 160 cm³/mol. The Hall–Kier alpha value is -4.47. The molecule has 2 amide bonds. The second-order valence-corrected chi connectivity index (χ2v) is 12.9. The Labute approximate surface area is 249 Å². The Morgan fingerprint density at radius 1 is 1.16 bits per heavy atom. The fourth-order valence-electron chi connectivity index (χ4n) is 8.86. The summed E-state index contributed by atoms with van der Waals surface area (Å²) in [6, 6.07) is 9.42. The van der Waals surface area contributed by atoms with Crippen molar-refractivity contribution in [2.24, 2.45) is 34.3 Å². The SMILES string of the molecule is COc1c(Nc2ncc(C3CC3C34C=CC5C3C5(C(N)=O)C4)c(N)n2)ccc2c1CCCC(NC(=O)c1ccccn1)C2. The van der Waals surface area contributed by atoms with Crippen molar-refractivity contribution < 1.29 is 14.3 Å². The van der Waals surface area contributed by atoms with Crippen molar-refractivity contribution in [2.75, 3.05) is 18.2 Å². The van der Waals surface area contributed by atoms with E-state index in [1.54, 1.807) is 25.4 Å². The third kappa shape index (κ3) is 3.81. The first-order valence-corrected chi connectivity index (χ1v) is 15.1. The van der Waals surface area contributed by atoms with Crippen LogP contribution in [0.5, 0.6) is 5.75 Å². The summed E-state index contributed by atoms with van der Waals surface area (Å²) in [5, 5.41) is 6.49. The number of ether oxygens (including phenoxy) is 1. The van der Waals surface area contributed by atoms with Gasteiger partial charge in [-0.3, -0.25) is 14.6 Å². The molecule has 6 N–H and O–H groups in total. The largest absolute Gasteiger partial charge is 0.494 e. The van der Waals surface area contributed by atoms with Crippen LogP contribution in [0.25, 0.3) is 0 Å². The molecule has 7 atom stereocenters. The molecular formula is C33H35N7O3. The number of benzene rings is 1. The van der Waals surface area contributed by atoms with Crippen LogP contribution in [0, 0.1) is 28.6 Å². The van der Waals surface area contributed by atoms with Gasteiger partial charge in [-0.25, -0.2) is 4.98 Å². The summed E-state index contributed by atoms with van der Waals surface area (Å²) in [4.78, 5) is 38.2. The van der Waals surface area contributed by atoms with Crippen LogP contribution in [0.15, 0.2) is 54.9 Å². The maximum absolute atomic E-state index is 12.7. The summed E-state index contributed by atoms with van der Waals surface area (Å²) in [7, 11) is 1.67. The number of amides is 2. The number of nitrogen functional groups attached to an aromatic ring is 1. The molecule has 10 nitrogen and oxygen atoms in total. The first kappa shape index (κ1) is 26.2. The van der Waals surface area contributed by atoms with Crippen LogP contribution in [-0.4, -0.2) is 39.9 Å². The second-order valence-electron chi connectivity index (χ2n) is 12.9. The number of allylic oxidation sites excluding steroid dienone is 2. The number of anilines is 3. The molecule has 2 heterocycles. The number of hydrogen-bond acceptors (Lipinski definition) is 8. The zero-order valence-electron chi connectivity index (χ0n) is 24.0. The molecule has 0 aliphatic heterocycles. The number of rotatable bonds is 8. The van der Waals surface area contributed by atoms with E-state index >= 15 is 0 Å². The molecule has 3 saturated carbocycles. The van der Waals surface area contributed by atoms with E-state index in [1.165, 1.54) is 0 Å². The van der Waals surface area contributed by atoms with Crippen LogP contribution >= 0.6 is 0 Å². The van der Waals surface area contributed by atoms with Gasteiger partial charge >= 0.3 is 0 Å². The van der Waals surface area contributed by atoms with Crippen LogP contribution in [0.2, 0.25) is 0 Å². The third-order valence-electron chi connectivity index (χ3n) is 10.9. The monoisotopic (exact) mass is 577 g/mol. The van der Waals surface area contributed by atoms with Crippen molar-refractivity contribution in [3.05, 3.63) is 77.3 Å². The van der Waals surface area contributed by atoms with Crippen molar-refractivity contribution in [2.45, 2.75) is 50.5 Å². The van der Waals surface area contributed by atoms with Gasteiger partial charge in [0, 0.05) is 24.0 Å². The number of hydrogen-bond donors (Lipinski definition) is 4. The van der Waals surface area contributed by atoms with E-state index in [0.717, 1.165) is 60.2 Å². The predicted octanol–water partition coefficient (Wildman–Crippen LogP) is 3.66. The average Bonchev–Trinajstić information content (AvgIpc) is 3.88. The van der Waals surface area contributed by atoms with E-state index in [2.05, 4.69) is 43.8 Å². The lowest BCUT2D eigenvalue weighted by Gasteiger charge is -2.45. The topological polar surface area (TPSA) is 158 Å². The number of nitrogens with one attached hydrogen (secondary N) is 2. The van der Waals surface area contributed by atoms with Crippen LogP contribution in [0.4, 0.5) is 17.5 Å². The molecule has 8 rings (SSSR count). The Bertz CT molecular complexity index is 1690. The van der Waals surface area contributed by atoms with Gasteiger partial charge in [0.15, 0.2) is 0 Å². The Balaban J connectivity index is 0.964. The minimum atomic E-state index is -0.279. The minimum absolute atomic E-state index is 0.0124. The summed E-state index contributed by atoms with van der Waals surface area (Å²) >= 11 is 0. The molecule has 0 radical (unpaired) electrons. The van der Waals surface area contributed by atoms with Gasteiger partial charge in [0.05, 0.1) is 18.2 Å². The van der Waals surface area contributed by atoms with Gasteiger partial charge in [-0.1, -0.05) is 24.3 Å². The fourth-order valence-corrected chi connectivity index (χ4v) is 8.86. The molecule has 5 aliphatic carbocycles. The molecule has 5 aliphatic rings. The van der Waals surface area contributed by atoms with Crippen molar-refractivity contribution in [3.63, 3.8) is 0 Å². The highest BCUT2D eigenvalue weighted by molar-refractivity contribution is 5.92. The van der Waals surface area contributed by atoms with Crippen molar-refractivity contribution in [3.8, 4) is 5.75 Å². The number of methoxy groups -OCH3 is 1. The van der Waals surface area contributed by atoms with E-state index < -0.39 is 0 Å². The molecule has 1 aromatic carbocycles. The average molecular weight is 578 g/mol. The van der Waals surface area contributed by atoms with Gasteiger partial charge < -0.3 is 26.8 Å². The van der Waals surface area contributed by atoms with E-state index in [4.69, 9.17) is 16.2 Å². The van der Waals surface area contributed by atoms with Gasteiger partial charge in [-0.05, 0) is 96.9 Å². The molecule has 43 heavy (non-hydrogen) atoms. The molecule has 7 unspecified atom stereocenters. The molecule has 10 heteroatoms. The maximum atomic E-state index is 12.7. The van der Waals surface area contributed by atoms with Crippen LogP contribution in [-0.2, 0) is 17.6 Å². The van der Waals surface area contributed by atoms with Gasteiger partial charge in [-0.15, -0.1) is 0 Å². The zero-order valence-corrected chi connectivity index (χ0v) is 24.0. The Morgan fingerprint density at radius 2 is 2.05 bits per heavy atom. The summed E-state index contributed by atoms with van der Waals surface area (Å²) in [6.07, 6.45) is 13.3. The lowest BCUT2D eigenvalue weighted by atomic mass is 9.58. The number of primary amides is 1. The minimum Gasteiger partial charge on any atom is -0.494 e. The van der Waals surface area contributed by atoms with Gasteiger partial charge in [0.1, 0.15) is 17.3 Å². The molecule has 0 spiro atoms. The number of nitrogens with two attached hydrogens (primary N) is 2. The third-order valence-corrected chi connectivity index (χ3v) is 10.9. The van der Waals surface area contributed by atoms with Crippen LogP contribution in [0.3, 0.4) is 0 Å². The molecule has 0 bridgehead atoms. The standard InChI is InChI=1S/C33H35N7O3/c1-43-26-19-6-4-5-18(38-29(41)25-7-2-3-12-36-25)13-17(19)8-9-24(26)39-31-37-15-21(28(34)40-31)20-14-23(20)32-11-10-22-27(32)33(22,16-32)30(35)42/h2-3,7-12,15,18,20,22-23,27H,4-6,13-14,16H2,1H3,(H2,35,42)(H,38,41)(H3,34,37,39,40). The first-order chi connectivity index (χ1) is 20.9. The van der Waals surface area contributed by atoms with E-state index in [-0.39, 0.29) is 28.7 Å². The number of carbonyl (C=O) groups excluding carboxylic acids is 2. The lowest BCUT2D eigenvalue weighted by molar-refractivity contribution is -0.130. The number of fused-ring (bicyclic) bond motifs is 2. The van der Waals surface area contributed by atoms with Crippen LogP contribution in [0.1, 0.15) is 58.8 Å². The Kier molecular flexibility index (Phi) is 5.64. The van der Waals surface area contributed by atoms with E-state index in [9.17, 15) is 9.59 Å². The van der Waals surface area contributed by atoms with Gasteiger partial charge in [-0.2, -0.15) is 4.98 Å². The number of aromatic nitrogens is 3. The lowest BCUT2D eigenvalue weighted by Crippen LogP contribution is -2.47. The molecule has 2 aromatic heterocycles. The highest BCUT2D eigenvalue weighted by Gasteiger charge is 2.88. The van der Waals surface area contributed by atoms with Crippen molar-refractivity contribution in [1.29, 1.82) is 0 Å². The van der Waals surface area contributed by atoms with E-state index in [1.807, 2.05) is 18.3 Å². The fraction of sp³-hybridized carbons (Fsp3) is 0.424. The summed E-state index contributed by atoms with van der Waals surface area (Å²) < 4.78 is 5.90. The van der Waals surface area contributed by atoms with Gasteiger partial charge in [0.25, 0.3) is 5.91 Å². The van der Waals surface area contributed by atoms with Crippen molar-refractivity contribution >= 4 is 29.3 Å². The summed E-state index contributed by atoms with van der Waals surface area (Å²) in [5.74, 6) is 2.84. The highest BCUT2D eigenvalue weighted by Crippen LogP contribution is 2.89. The Morgan fingerprint density at radius 3 is 2.77 bits per heavy atom.